The van der Waals surface area contributed by atoms with E-state index in [4.69, 9.17) is 10.8 Å². The van der Waals surface area contributed by atoms with Crippen LogP contribution in [0.4, 0.5) is 5.95 Å². The molecule has 13 heavy (non-hydrogen) atoms. The highest BCUT2D eigenvalue weighted by Gasteiger charge is 2.13. The number of nitrogens with two attached hydrogens (primary N) is 1. The molecule has 7 heteroatoms. The average Bonchev–Trinajstić information content (AvgIpc) is 2.52. The molecule has 0 aliphatic carbocycles. The van der Waals surface area contributed by atoms with E-state index < -0.39 is 11.0 Å². The van der Waals surface area contributed by atoms with Crippen molar-refractivity contribution < 1.29 is 10.0 Å². The summed E-state index contributed by atoms with van der Waals surface area (Å²) < 4.78 is 0. The summed E-state index contributed by atoms with van der Waals surface area (Å²) in [5.74, 6) is -0.320. The van der Waals surface area contributed by atoms with E-state index in [1.165, 1.54) is 6.20 Å². The van der Waals surface area contributed by atoms with Gasteiger partial charge in [0.2, 0.25) is 0 Å². The van der Waals surface area contributed by atoms with Gasteiger partial charge in [0.05, 0.1) is 6.10 Å². The van der Waals surface area contributed by atoms with Crippen LogP contribution in [-0.2, 0) is 6.42 Å². The van der Waals surface area contributed by atoms with Crippen LogP contribution in [0.25, 0.3) is 0 Å². The topological polar surface area (TPSA) is 118 Å². The van der Waals surface area contributed by atoms with Gasteiger partial charge in [0.25, 0.3) is 0 Å². The molecule has 1 rings (SSSR count). The Balaban J connectivity index is 2.64. The van der Waals surface area contributed by atoms with Gasteiger partial charge < -0.3 is 21.0 Å². The summed E-state index contributed by atoms with van der Waals surface area (Å²) in [6, 6.07) is 0. The van der Waals surface area contributed by atoms with Gasteiger partial charge in [0.1, 0.15) is 11.9 Å². The number of H-pyrrole nitrogens is 1. The number of nitro groups is 1. The van der Waals surface area contributed by atoms with Crippen LogP contribution < -0.4 is 5.73 Å². The molecule has 0 spiro atoms. The highest BCUT2D eigenvalue weighted by molar-refractivity contribution is 5.11. The third kappa shape index (κ3) is 2.49. The van der Waals surface area contributed by atoms with Gasteiger partial charge in [0, 0.05) is 13.0 Å². The molecule has 0 radical (unpaired) electrons. The maximum absolute atomic E-state index is 10.2. The van der Waals surface area contributed by atoms with Crippen molar-refractivity contribution in [2.45, 2.75) is 12.5 Å². The first-order valence-corrected chi connectivity index (χ1v) is 3.70. The van der Waals surface area contributed by atoms with Crippen LogP contribution in [0.3, 0.4) is 0 Å². The molecule has 7 nitrogen and oxygen atoms in total. The fourth-order valence-electron chi connectivity index (χ4n) is 0.881. The second-order valence-corrected chi connectivity index (χ2v) is 2.58. The molecule has 0 aliphatic rings. The minimum absolute atomic E-state index is 0.118. The van der Waals surface area contributed by atoms with E-state index in [2.05, 4.69) is 9.97 Å². The van der Waals surface area contributed by atoms with Gasteiger partial charge in [-0.05, 0) is 4.92 Å². The number of imidazole rings is 1. The number of nitrogens with one attached hydrogen (secondary N) is 1. The second-order valence-electron chi connectivity index (χ2n) is 2.58. The summed E-state index contributed by atoms with van der Waals surface area (Å²) in [6.07, 6.45) is 0.869. The zero-order valence-corrected chi connectivity index (χ0v) is 6.80. The highest BCUT2D eigenvalue weighted by atomic mass is 16.6. The van der Waals surface area contributed by atoms with Crippen LogP contribution in [-0.4, -0.2) is 32.6 Å². The largest absolute Gasteiger partial charge is 0.432 e. The van der Waals surface area contributed by atoms with Crippen molar-refractivity contribution >= 4 is 5.95 Å². The zero-order valence-electron chi connectivity index (χ0n) is 6.80. The van der Waals surface area contributed by atoms with Crippen molar-refractivity contribution in [2.75, 3.05) is 6.54 Å². The number of hydrogen-bond donors (Lipinski definition) is 3. The van der Waals surface area contributed by atoms with E-state index in [1.807, 2.05) is 0 Å². The Hall–Kier alpha value is -1.47. The average molecular weight is 186 g/mol. The first-order valence-electron chi connectivity index (χ1n) is 3.70. The lowest BCUT2D eigenvalue weighted by molar-refractivity contribution is -0.393. The van der Waals surface area contributed by atoms with Crippen molar-refractivity contribution in [2.24, 2.45) is 5.73 Å². The normalized spacial score (nSPS) is 12.8. The molecular formula is C6H10N4O3. The third-order valence-corrected chi connectivity index (χ3v) is 1.52. The zero-order chi connectivity index (χ0) is 9.84. The van der Waals surface area contributed by atoms with Gasteiger partial charge in [-0.1, -0.05) is 4.98 Å². The molecule has 1 heterocycles. The maximum Gasteiger partial charge on any atom is 0.432 e. The van der Waals surface area contributed by atoms with Crippen LogP contribution in [0.2, 0.25) is 0 Å². The van der Waals surface area contributed by atoms with E-state index in [-0.39, 0.29) is 18.9 Å². The molecule has 72 valence electrons. The van der Waals surface area contributed by atoms with Crippen molar-refractivity contribution in [1.29, 1.82) is 0 Å². The van der Waals surface area contributed by atoms with Crippen LogP contribution in [0.15, 0.2) is 6.20 Å². The van der Waals surface area contributed by atoms with Gasteiger partial charge >= 0.3 is 5.95 Å². The lowest BCUT2D eigenvalue weighted by atomic mass is 10.2. The molecule has 1 unspecified atom stereocenters. The minimum atomic E-state index is -0.694. The Morgan fingerprint density at radius 2 is 2.54 bits per heavy atom. The number of aromatic nitrogens is 2. The second kappa shape index (κ2) is 3.97. The summed E-state index contributed by atoms with van der Waals surface area (Å²) in [5.41, 5.74) is 5.67. The number of aliphatic hydroxyl groups is 1. The Morgan fingerprint density at radius 1 is 1.85 bits per heavy atom. The van der Waals surface area contributed by atoms with Crippen molar-refractivity contribution in [3.05, 3.63) is 22.0 Å². The first-order chi connectivity index (χ1) is 6.13. The van der Waals surface area contributed by atoms with E-state index in [0.717, 1.165) is 0 Å². The van der Waals surface area contributed by atoms with Gasteiger partial charge in [-0.25, -0.2) is 4.98 Å². The minimum Gasteiger partial charge on any atom is -0.391 e. The Morgan fingerprint density at radius 3 is 3.00 bits per heavy atom. The monoisotopic (exact) mass is 186 g/mol. The van der Waals surface area contributed by atoms with Gasteiger partial charge in [-0.2, -0.15) is 0 Å². The van der Waals surface area contributed by atoms with E-state index >= 15 is 0 Å². The number of nitrogens with zero attached hydrogens (tertiary/aromatic N) is 2. The smallest absolute Gasteiger partial charge is 0.391 e. The highest BCUT2D eigenvalue weighted by Crippen LogP contribution is 2.06. The van der Waals surface area contributed by atoms with E-state index in [1.54, 1.807) is 0 Å². The fraction of sp³-hybridized carbons (Fsp3) is 0.500. The molecule has 0 aliphatic heterocycles. The molecule has 4 N–H and O–H groups in total. The molecule has 0 fully saturated rings. The van der Waals surface area contributed by atoms with Crippen LogP contribution in [0.5, 0.6) is 0 Å². The summed E-state index contributed by atoms with van der Waals surface area (Å²) in [4.78, 5) is 15.5. The number of aromatic amines is 1. The number of hydrogen-bond acceptors (Lipinski definition) is 5. The van der Waals surface area contributed by atoms with Crippen molar-refractivity contribution in [1.82, 2.24) is 9.97 Å². The summed E-state index contributed by atoms with van der Waals surface area (Å²) in [7, 11) is 0. The standard InChI is InChI=1S/C6H10N4O3/c7-2-5(11)1-4-3-8-6(9-4)10(12)13/h3,5,11H,1-2,7H2,(H,8,9). The molecule has 0 saturated carbocycles. The van der Waals surface area contributed by atoms with Crippen LogP contribution in [0.1, 0.15) is 5.69 Å². The summed E-state index contributed by atoms with van der Waals surface area (Å²) >= 11 is 0. The SMILES string of the molecule is NCC(O)Cc1cnc([N+](=O)[O-])[nH]1. The predicted octanol–water partition coefficient (Wildman–Crippen LogP) is -0.820. The molecule has 0 bridgehead atoms. The van der Waals surface area contributed by atoms with E-state index in [9.17, 15) is 10.1 Å². The third-order valence-electron chi connectivity index (χ3n) is 1.52. The summed E-state index contributed by atoms with van der Waals surface area (Å²) in [6.45, 7) is 0.118. The molecule has 0 amide bonds. The molecule has 0 aromatic carbocycles. The maximum atomic E-state index is 10.2. The molecule has 1 aromatic rings. The quantitative estimate of drug-likeness (QED) is 0.419. The van der Waals surface area contributed by atoms with Gasteiger partial charge in [0.15, 0.2) is 0 Å². The van der Waals surface area contributed by atoms with Gasteiger partial charge in [-0.3, -0.25) is 0 Å². The van der Waals surface area contributed by atoms with Gasteiger partial charge in [-0.15, -0.1) is 0 Å². The van der Waals surface area contributed by atoms with Crippen molar-refractivity contribution in [3.63, 3.8) is 0 Å². The molecule has 1 aromatic heterocycles. The molecule has 1 atom stereocenters. The van der Waals surface area contributed by atoms with Crippen molar-refractivity contribution in [3.8, 4) is 0 Å². The lowest BCUT2D eigenvalue weighted by Crippen LogP contribution is -2.22. The first kappa shape index (κ1) is 9.62. The molecular weight excluding hydrogens is 176 g/mol. The fourth-order valence-corrected chi connectivity index (χ4v) is 0.881. The lowest BCUT2D eigenvalue weighted by Gasteiger charge is -2.01. The Kier molecular flexibility index (Phi) is 2.93. The number of aliphatic hydroxyl groups excluding tert-OH is 1. The van der Waals surface area contributed by atoms with E-state index in [0.29, 0.717) is 5.69 Å². The molecule has 0 saturated heterocycles. The van der Waals surface area contributed by atoms with Crippen LogP contribution in [0, 0.1) is 10.1 Å². The number of rotatable bonds is 4. The Labute approximate surface area is 73.7 Å². The predicted molar refractivity (Wildman–Crippen MR) is 44.0 cm³/mol. The Bertz CT molecular complexity index is 298. The van der Waals surface area contributed by atoms with Crippen LogP contribution >= 0.6 is 0 Å². The summed E-state index contributed by atoms with van der Waals surface area (Å²) in [5, 5.41) is 19.3.